The number of piperidine rings is 1. The molecule has 3 rings (SSSR count). The predicted octanol–water partition coefficient (Wildman–Crippen LogP) is 1.80. The third kappa shape index (κ3) is 2.27. The van der Waals surface area contributed by atoms with Gasteiger partial charge in [-0.25, -0.2) is 0 Å². The van der Waals surface area contributed by atoms with E-state index in [0.717, 1.165) is 25.9 Å². The molecular weight excluding hydrogens is 286 g/mol. The minimum atomic E-state index is -0.417. The number of rotatable bonds is 3. The average Bonchev–Trinajstić information content (AvgIpc) is 2.53. The highest BCUT2D eigenvalue weighted by atomic mass is 16.5. The van der Waals surface area contributed by atoms with Crippen LogP contribution in [0.1, 0.15) is 29.6 Å². The van der Waals surface area contributed by atoms with Gasteiger partial charge in [0.2, 0.25) is 5.75 Å². The van der Waals surface area contributed by atoms with Crippen LogP contribution in [0.25, 0.3) is 0 Å². The molecule has 1 aromatic rings. The molecule has 1 fully saturated rings. The Morgan fingerprint density at radius 3 is 2.36 bits per heavy atom. The van der Waals surface area contributed by atoms with Gasteiger partial charge in [-0.1, -0.05) is 0 Å². The van der Waals surface area contributed by atoms with Crippen molar-refractivity contribution in [1.82, 2.24) is 5.32 Å². The van der Waals surface area contributed by atoms with Crippen molar-refractivity contribution < 1.29 is 23.7 Å². The van der Waals surface area contributed by atoms with Crippen molar-refractivity contribution in [2.45, 2.75) is 24.9 Å². The van der Waals surface area contributed by atoms with Crippen LogP contribution < -0.4 is 24.3 Å². The van der Waals surface area contributed by atoms with Crippen LogP contribution in [0, 0.1) is 0 Å². The Morgan fingerprint density at radius 2 is 1.77 bits per heavy atom. The second-order valence-electron chi connectivity index (χ2n) is 5.65. The smallest absolute Gasteiger partial charge is 0.204 e. The van der Waals surface area contributed by atoms with Gasteiger partial charge in [-0.2, -0.15) is 0 Å². The lowest BCUT2D eigenvalue weighted by atomic mass is 9.82. The van der Waals surface area contributed by atoms with E-state index < -0.39 is 5.60 Å². The fraction of sp³-hybridized carbons (Fsp3) is 0.562. The van der Waals surface area contributed by atoms with Crippen LogP contribution in [0.4, 0.5) is 0 Å². The molecule has 0 bridgehead atoms. The van der Waals surface area contributed by atoms with Gasteiger partial charge >= 0.3 is 0 Å². The van der Waals surface area contributed by atoms with Crippen molar-refractivity contribution in [1.29, 1.82) is 0 Å². The first-order valence-corrected chi connectivity index (χ1v) is 7.40. The average molecular weight is 307 g/mol. The van der Waals surface area contributed by atoms with Crippen LogP contribution in [0.15, 0.2) is 6.07 Å². The Kier molecular flexibility index (Phi) is 3.87. The first-order chi connectivity index (χ1) is 10.6. The summed E-state index contributed by atoms with van der Waals surface area (Å²) in [7, 11) is 4.59. The van der Waals surface area contributed by atoms with Crippen molar-refractivity contribution in [3.05, 3.63) is 11.6 Å². The van der Waals surface area contributed by atoms with E-state index >= 15 is 0 Å². The van der Waals surface area contributed by atoms with Gasteiger partial charge in [-0.15, -0.1) is 0 Å². The number of carbonyl (C=O) groups excluding carboxylic acids is 1. The number of hydrogen-bond donors (Lipinski definition) is 1. The standard InChI is InChI=1S/C16H21NO5/c1-19-12-8-11-13(15(21-3)14(12)20-2)10(18)9-16(22-11)4-6-17-7-5-16/h8,17H,4-7,9H2,1-3H3. The molecule has 0 atom stereocenters. The van der Waals surface area contributed by atoms with Crippen LogP contribution in [0.2, 0.25) is 0 Å². The second-order valence-corrected chi connectivity index (χ2v) is 5.65. The number of methoxy groups -OCH3 is 3. The molecule has 2 heterocycles. The van der Waals surface area contributed by atoms with Gasteiger partial charge in [0.1, 0.15) is 16.9 Å². The van der Waals surface area contributed by atoms with E-state index in [-0.39, 0.29) is 5.78 Å². The van der Waals surface area contributed by atoms with Crippen LogP contribution in [0.5, 0.6) is 23.0 Å². The quantitative estimate of drug-likeness (QED) is 0.918. The molecule has 0 unspecified atom stereocenters. The lowest BCUT2D eigenvalue weighted by Crippen LogP contribution is -2.49. The fourth-order valence-electron chi connectivity index (χ4n) is 3.29. The molecule has 1 spiro atoms. The zero-order valence-corrected chi connectivity index (χ0v) is 13.2. The number of Topliss-reactive ketones (excluding diaryl/α,β-unsaturated/α-hetero) is 1. The minimum Gasteiger partial charge on any atom is -0.493 e. The highest BCUT2D eigenvalue weighted by molar-refractivity contribution is 6.04. The summed E-state index contributed by atoms with van der Waals surface area (Å²) in [4.78, 5) is 12.7. The zero-order valence-electron chi connectivity index (χ0n) is 13.2. The molecule has 1 N–H and O–H groups in total. The number of fused-ring (bicyclic) bond motifs is 1. The van der Waals surface area contributed by atoms with Gasteiger partial charge in [0, 0.05) is 18.9 Å². The number of nitrogens with one attached hydrogen (secondary N) is 1. The summed E-state index contributed by atoms with van der Waals surface area (Å²) >= 11 is 0. The highest BCUT2D eigenvalue weighted by Gasteiger charge is 2.43. The summed E-state index contributed by atoms with van der Waals surface area (Å²) in [5.74, 6) is 1.85. The monoisotopic (exact) mass is 307 g/mol. The molecule has 22 heavy (non-hydrogen) atoms. The number of ketones is 1. The van der Waals surface area contributed by atoms with Gasteiger partial charge in [0.25, 0.3) is 0 Å². The summed E-state index contributed by atoms with van der Waals surface area (Å²) in [6, 6.07) is 1.72. The van der Waals surface area contributed by atoms with Crippen molar-refractivity contribution in [3.63, 3.8) is 0 Å². The molecule has 2 aliphatic heterocycles. The number of carbonyl (C=O) groups is 1. The van der Waals surface area contributed by atoms with Crippen LogP contribution in [-0.4, -0.2) is 45.8 Å². The molecule has 0 amide bonds. The van der Waals surface area contributed by atoms with E-state index in [4.69, 9.17) is 18.9 Å². The molecule has 0 saturated carbocycles. The second kappa shape index (κ2) is 5.68. The third-order valence-electron chi connectivity index (χ3n) is 4.40. The number of hydrogen-bond acceptors (Lipinski definition) is 6. The van der Waals surface area contributed by atoms with Crippen molar-refractivity contribution in [2.24, 2.45) is 0 Å². The minimum absolute atomic E-state index is 0.0287. The lowest BCUT2D eigenvalue weighted by Gasteiger charge is -2.41. The summed E-state index contributed by atoms with van der Waals surface area (Å²) in [5, 5.41) is 3.30. The molecule has 0 aromatic heterocycles. The van der Waals surface area contributed by atoms with Gasteiger partial charge in [-0.05, 0) is 13.1 Å². The molecule has 6 heteroatoms. The third-order valence-corrected chi connectivity index (χ3v) is 4.40. The first kappa shape index (κ1) is 15.0. The molecular formula is C16H21NO5. The first-order valence-electron chi connectivity index (χ1n) is 7.40. The Balaban J connectivity index is 2.11. The van der Waals surface area contributed by atoms with Crippen molar-refractivity contribution in [2.75, 3.05) is 34.4 Å². The van der Waals surface area contributed by atoms with E-state index in [1.807, 2.05) is 0 Å². The molecule has 6 nitrogen and oxygen atoms in total. The Bertz CT molecular complexity index is 593. The van der Waals surface area contributed by atoms with E-state index in [1.54, 1.807) is 13.2 Å². The molecule has 1 aromatic carbocycles. The van der Waals surface area contributed by atoms with E-state index in [1.165, 1.54) is 14.2 Å². The van der Waals surface area contributed by atoms with Crippen LogP contribution in [0.3, 0.4) is 0 Å². The summed E-state index contributed by atoms with van der Waals surface area (Å²) in [5.41, 5.74) is 0.0317. The number of benzene rings is 1. The maximum absolute atomic E-state index is 12.7. The van der Waals surface area contributed by atoms with Gasteiger partial charge in [0.05, 0.1) is 27.8 Å². The molecule has 1 saturated heterocycles. The van der Waals surface area contributed by atoms with Crippen molar-refractivity contribution >= 4 is 5.78 Å². The molecule has 2 aliphatic rings. The maximum atomic E-state index is 12.7. The zero-order chi connectivity index (χ0) is 15.7. The van der Waals surface area contributed by atoms with Gasteiger partial charge in [-0.3, -0.25) is 4.79 Å². The van der Waals surface area contributed by atoms with E-state index in [9.17, 15) is 4.79 Å². The topological polar surface area (TPSA) is 66.0 Å². The summed E-state index contributed by atoms with van der Waals surface area (Å²) in [6.45, 7) is 1.71. The van der Waals surface area contributed by atoms with Crippen LogP contribution >= 0.6 is 0 Å². The van der Waals surface area contributed by atoms with Crippen molar-refractivity contribution in [3.8, 4) is 23.0 Å². The van der Waals surface area contributed by atoms with E-state index in [2.05, 4.69) is 5.32 Å². The molecule has 0 radical (unpaired) electrons. The number of ether oxygens (including phenoxy) is 4. The summed E-state index contributed by atoms with van der Waals surface area (Å²) < 4.78 is 22.3. The van der Waals surface area contributed by atoms with Crippen LogP contribution in [-0.2, 0) is 0 Å². The lowest BCUT2D eigenvalue weighted by molar-refractivity contribution is 0.0180. The maximum Gasteiger partial charge on any atom is 0.204 e. The van der Waals surface area contributed by atoms with Gasteiger partial charge in [0.15, 0.2) is 17.3 Å². The fourth-order valence-corrected chi connectivity index (χ4v) is 3.29. The largest absolute Gasteiger partial charge is 0.493 e. The normalized spacial score (nSPS) is 19.3. The summed E-state index contributed by atoms with van der Waals surface area (Å²) in [6.07, 6.45) is 2.00. The Labute approximate surface area is 129 Å². The molecule has 120 valence electrons. The SMILES string of the molecule is COc1cc2c(c(OC)c1OC)C(=O)CC1(CCNCC1)O2. The molecule has 0 aliphatic carbocycles. The Hall–Kier alpha value is -1.95. The predicted molar refractivity (Wildman–Crippen MR) is 80.5 cm³/mol. The Morgan fingerprint density at radius 1 is 1.09 bits per heavy atom. The highest BCUT2D eigenvalue weighted by Crippen LogP contribution is 2.50. The van der Waals surface area contributed by atoms with E-state index in [0.29, 0.717) is 35.0 Å². The van der Waals surface area contributed by atoms with Gasteiger partial charge < -0.3 is 24.3 Å².